The molecule has 1 fully saturated rings. The molecule has 0 radical (unpaired) electrons. The number of aromatic nitrogens is 2. The van der Waals surface area contributed by atoms with E-state index in [4.69, 9.17) is 9.47 Å². The quantitative estimate of drug-likeness (QED) is 0.688. The molecule has 1 aromatic carbocycles. The molecule has 0 amide bonds. The third kappa shape index (κ3) is 3.91. The molecule has 1 aliphatic heterocycles. The summed E-state index contributed by atoms with van der Waals surface area (Å²) in [6, 6.07) is 7.77. The first kappa shape index (κ1) is 19.0. The predicted molar refractivity (Wildman–Crippen MR) is 113 cm³/mol. The molecule has 1 N–H and O–H groups in total. The maximum Gasteiger partial charge on any atom is 0.141 e. The number of nitrogens with zero attached hydrogens (tertiary/aromatic N) is 3. The van der Waals surface area contributed by atoms with Crippen LogP contribution in [0.1, 0.15) is 10.4 Å². The number of fused-ring (bicyclic) bond motifs is 1. The molecule has 0 aliphatic carbocycles. The van der Waals surface area contributed by atoms with Gasteiger partial charge in [0, 0.05) is 4.88 Å². The fourth-order valence-electron chi connectivity index (χ4n) is 3.67. The number of piperazine rings is 1. The van der Waals surface area contributed by atoms with Crippen molar-refractivity contribution in [2.24, 2.45) is 0 Å². The topological polar surface area (TPSA) is 51.9 Å². The summed E-state index contributed by atoms with van der Waals surface area (Å²) >= 11 is 1.76. The molecule has 28 heavy (non-hydrogen) atoms. The minimum Gasteiger partial charge on any atom is -0.497 e. The van der Waals surface area contributed by atoms with Crippen LogP contribution in [0.5, 0.6) is 11.5 Å². The second-order valence-corrected chi connectivity index (χ2v) is 8.37. The lowest BCUT2D eigenvalue weighted by Crippen LogP contribution is -3.15. The van der Waals surface area contributed by atoms with Gasteiger partial charge in [0.25, 0.3) is 0 Å². The Labute approximate surface area is 169 Å². The van der Waals surface area contributed by atoms with Crippen LogP contribution in [0.15, 0.2) is 30.6 Å². The SMILES string of the molecule is COc1ccc(OCC[NH+]2CCN(c3ncnc4sc(C)c(C)c34)CC2)cc1. The highest BCUT2D eigenvalue weighted by molar-refractivity contribution is 7.18. The lowest BCUT2D eigenvalue weighted by atomic mass is 10.2. The predicted octanol–water partition coefficient (Wildman–Crippen LogP) is 2.10. The van der Waals surface area contributed by atoms with Crippen LogP contribution in [-0.2, 0) is 0 Å². The monoisotopic (exact) mass is 399 g/mol. The van der Waals surface area contributed by atoms with Gasteiger partial charge in [-0.15, -0.1) is 11.3 Å². The van der Waals surface area contributed by atoms with Crippen molar-refractivity contribution in [1.29, 1.82) is 0 Å². The van der Waals surface area contributed by atoms with Crippen molar-refractivity contribution in [1.82, 2.24) is 9.97 Å². The van der Waals surface area contributed by atoms with Crippen molar-refractivity contribution in [3.05, 3.63) is 41.0 Å². The highest BCUT2D eigenvalue weighted by Gasteiger charge is 2.24. The maximum atomic E-state index is 5.89. The molecule has 0 saturated carbocycles. The zero-order valence-corrected chi connectivity index (χ0v) is 17.5. The smallest absolute Gasteiger partial charge is 0.141 e. The van der Waals surface area contributed by atoms with Crippen molar-refractivity contribution in [3.8, 4) is 11.5 Å². The highest BCUT2D eigenvalue weighted by atomic mass is 32.1. The van der Waals surface area contributed by atoms with E-state index in [-0.39, 0.29) is 0 Å². The van der Waals surface area contributed by atoms with Gasteiger partial charge in [0.15, 0.2) is 0 Å². The molecule has 148 valence electrons. The van der Waals surface area contributed by atoms with E-state index < -0.39 is 0 Å². The van der Waals surface area contributed by atoms with E-state index in [1.807, 2.05) is 24.3 Å². The normalized spacial score (nSPS) is 15.2. The Hall–Kier alpha value is -2.38. The molecule has 6 nitrogen and oxygen atoms in total. The van der Waals surface area contributed by atoms with E-state index in [0.717, 1.165) is 61.5 Å². The number of benzene rings is 1. The molecule has 1 aliphatic rings. The van der Waals surface area contributed by atoms with Crippen LogP contribution in [0.2, 0.25) is 0 Å². The fraction of sp³-hybridized carbons (Fsp3) is 0.429. The Morgan fingerprint density at radius 1 is 1.07 bits per heavy atom. The molecular weight excluding hydrogens is 372 g/mol. The summed E-state index contributed by atoms with van der Waals surface area (Å²) in [6.45, 7) is 10.3. The lowest BCUT2D eigenvalue weighted by molar-refractivity contribution is -0.900. The van der Waals surface area contributed by atoms with Crippen molar-refractivity contribution < 1.29 is 14.4 Å². The van der Waals surface area contributed by atoms with Gasteiger partial charge in [0.2, 0.25) is 0 Å². The Bertz CT molecular complexity index is 933. The summed E-state index contributed by atoms with van der Waals surface area (Å²) < 4.78 is 11.1. The van der Waals surface area contributed by atoms with Gasteiger partial charge in [-0.3, -0.25) is 0 Å². The standard InChI is InChI=1S/C21H26N4O2S/c1-15-16(2)28-21-19(15)20(22-14-23-21)25-10-8-24(9-11-25)12-13-27-18-6-4-17(26-3)5-7-18/h4-7,14H,8-13H2,1-3H3/p+1. The van der Waals surface area contributed by atoms with E-state index >= 15 is 0 Å². The molecule has 3 aromatic rings. The largest absolute Gasteiger partial charge is 0.497 e. The number of methoxy groups -OCH3 is 1. The summed E-state index contributed by atoms with van der Waals surface area (Å²) in [7, 11) is 1.67. The summed E-state index contributed by atoms with van der Waals surface area (Å²) in [4.78, 5) is 15.5. The van der Waals surface area contributed by atoms with Gasteiger partial charge in [-0.1, -0.05) is 0 Å². The van der Waals surface area contributed by atoms with Gasteiger partial charge >= 0.3 is 0 Å². The van der Waals surface area contributed by atoms with Gasteiger partial charge < -0.3 is 19.3 Å². The first-order valence-corrected chi connectivity index (χ1v) is 10.5. The number of rotatable bonds is 6. The number of thiophene rings is 1. The molecule has 2 aromatic heterocycles. The van der Waals surface area contributed by atoms with E-state index in [9.17, 15) is 0 Å². The number of aryl methyl sites for hydroxylation is 2. The lowest BCUT2D eigenvalue weighted by Gasteiger charge is -2.33. The Balaban J connectivity index is 1.31. The van der Waals surface area contributed by atoms with Crippen LogP contribution < -0.4 is 19.3 Å². The highest BCUT2D eigenvalue weighted by Crippen LogP contribution is 2.34. The van der Waals surface area contributed by atoms with Gasteiger partial charge in [-0.05, 0) is 43.7 Å². The van der Waals surface area contributed by atoms with Crippen molar-refractivity contribution >= 4 is 27.4 Å². The third-order valence-corrected chi connectivity index (χ3v) is 6.61. The maximum absolute atomic E-state index is 5.89. The molecule has 7 heteroatoms. The van der Waals surface area contributed by atoms with Crippen LogP contribution in [0.3, 0.4) is 0 Å². The number of quaternary nitrogens is 1. The summed E-state index contributed by atoms with van der Waals surface area (Å²) in [6.07, 6.45) is 1.70. The summed E-state index contributed by atoms with van der Waals surface area (Å²) in [5.74, 6) is 2.84. The van der Waals surface area contributed by atoms with Crippen LogP contribution >= 0.6 is 11.3 Å². The Kier molecular flexibility index (Phi) is 5.64. The fourth-order valence-corrected chi connectivity index (χ4v) is 4.66. The summed E-state index contributed by atoms with van der Waals surface area (Å²) in [5.41, 5.74) is 1.32. The number of nitrogens with one attached hydrogen (secondary N) is 1. The van der Waals surface area contributed by atoms with E-state index in [1.54, 1.807) is 29.7 Å². The minimum absolute atomic E-state index is 0.724. The Morgan fingerprint density at radius 2 is 1.79 bits per heavy atom. The van der Waals surface area contributed by atoms with Gasteiger partial charge in [0.05, 0.1) is 38.7 Å². The molecule has 0 unspecified atom stereocenters. The average Bonchev–Trinajstić information content (AvgIpc) is 3.03. The number of ether oxygens (including phenoxy) is 2. The molecule has 3 heterocycles. The van der Waals surface area contributed by atoms with Crippen molar-refractivity contribution in [3.63, 3.8) is 0 Å². The number of anilines is 1. The zero-order chi connectivity index (χ0) is 19.5. The van der Waals surface area contributed by atoms with Crippen molar-refractivity contribution in [2.75, 3.05) is 51.3 Å². The molecule has 0 spiro atoms. The van der Waals surface area contributed by atoms with E-state index in [1.165, 1.54) is 15.8 Å². The van der Waals surface area contributed by atoms with Crippen molar-refractivity contribution in [2.45, 2.75) is 13.8 Å². The summed E-state index contributed by atoms with van der Waals surface area (Å²) in [5, 5.41) is 1.23. The molecule has 1 saturated heterocycles. The van der Waals surface area contributed by atoms with Gasteiger partial charge in [0.1, 0.15) is 41.6 Å². The average molecular weight is 400 g/mol. The first-order chi connectivity index (χ1) is 13.7. The molecule has 0 atom stereocenters. The van der Waals surface area contributed by atoms with E-state index in [2.05, 4.69) is 28.7 Å². The van der Waals surface area contributed by atoms with E-state index in [0.29, 0.717) is 0 Å². The minimum atomic E-state index is 0.724. The number of hydrogen-bond donors (Lipinski definition) is 1. The Morgan fingerprint density at radius 3 is 2.50 bits per heavy atom. The number of hydrogen-bond acceptors (Lipinski definition) is 6. The second kappa shape index (κ2) is 8.32. The zero-order valence-electron chi connectivity index (χ0n) is 16.7. The molecular formula is C21H27N4O2S+. The van der Waals surface area contributed by atoms with Gasteiger partial charge in [-0.2, -0.15) is 0 Å². The van der Waals surface area contributed by atoms with Crippen LogP contribution in [0.4, 0.5) is 5.82 Å². The molecule has 4 rings (SSSR count). The first-order valence-electron chi connectivity index (χ1n) is 9.72. The second-order valence-electron chi connectivity index (χ2n) is 7.17. The third-order valence-electron chi connectivity index (χ3n) is 5.50. The van der Waals surface area contributed by atoms with Crippen LogP contribution in [0, 0.1) is 13.8 Å². The van der Waals surface area contributed by atoms with Crippen LogP contribution in [-0.4, -0.2) is 56.4 Å². The van der Waals surface area contributed by atoms with Crippen LogP contribution in [0.25, 0.3) is 10.2 Å². The van der Waals surface area contributed by atoms with Gasteiger partial charge in [-0.25, -0.2) is 9.97 Å². The molecule has 0 bridgehead atoms.